The summed E-state index contributed by atoms with van der Waals surface area (Å²) in [5.41, 5.74) is 1.34. The maximum absolute atomic E-state index is 12.7. The van der Waals surface area contributed by atoms with Gasteiger partial charge in [0, 0.05) is 0 Å². The lowest BCUT2D eigenvalue weighted by atomic mass is 10.2. The van der Waals surface area contributed by atoms with Crippen LogP contribution < -0.4 is 4.74 Å². The van der Waals surface area contributed by atoms with Crippen molar-refractivity contribution in [3.05, 3.63) is 65.5 Å². The number of hydrogen-bond donors (Lipinski definition) is 0. The molecule has 2 rings (SSSR count). The van der Waals surface area contributed by atoms with Gasteiger partial charge >= 0.3 is 0 Å². The Morgan fingerprint density at radius 1 is 1.05 bits per heavy atom. The Kier molecular flexibility index (Phi) is 5.30. The van der Waals surface area contributed by atoms with Crippen molar-refractivity contribution in [1.29, 1.82) is 5.26 Å². The van der Waals surface area contributed by atoms with E-state index in [0.717, 1.165) is 5.56 Å². The fraction of sp³-hybridized carbons (Fsp3) is 0.125. The number of oxime groups is 1. The lowest BCUT2D eigenvalue weighted by Crippen LogP contribution is -2.04. The molecule has 0 saturated carbocycles. The van der Waals surface area contributed by atoms with Gasteiger partial charge in [0.05, 0.1) is 17.8 Å². The first-order chi connectivity index (χ1) is 10.3. The van der Waals surface area contributed by atoms with Crippen LogP contribution in [0.25, 0.3) is 0 Å². The Labute approximate surface area is 122 Å². The molecule has 0 unspecified atom stereocenters. The second-order valence-electron chi connectivity index (χ2n) is 4.10. The van der Waals surface area contributed by atoms with Crippen molar-refractivity contribution in [2.45, 2.75) is 0 Å². The van der Waals surface area contributed by atoms with E-state index >= 15 is 0 Å². The molecule has 4 nitrogen and oxygen atoms in total. The average molecular weight is 284 g/mol. The molecule has 0 saturated heterocycles. The number of nitriles is 1. The molecule has 0 aliphatic rings. The Balaban J connectivity index is 1.67. The highest BCUT2D eigenvalue weighted by Crippen LogP contribution is 2.11. The molecule has 0 aromatic heterocycles. The summed E-state index contributed by atoms with van der Waals surface area (Å²) >= 11 is 0. The van der Waals surface area contributed by atoms with E-state index in [0.29, 0.717) is 17.9 Å². The molecular weight excluding hydrogens is 271 g/mol. The third-order valence-electron chi connectivity index (χ3n) is 2.57. The van der Waals surface area contributed by atoms with E-state index in [1.807, 2.05) is 6.07 Å². The maximum atomic E-state index is 12.7. The first-order valence-corrected chi connectivity index (χ1v) is 6.32. The monoisotopic (exact) mass is 284 g/mol. The number of benzene rings is 2. The summed E-state index contributed by atoms with van der Waals surface area (Å²) in [6, 6.07) is 14.8. The summed E-state index contributed by atoms with van der Waals surface area (Å²) in [5, 5.41) is 12.4. The van der Waals surface area contributed by atoms with E-state index < -0.39 is 0 Å². The zero-order valence-corrected chi connectivity index (χ0v) is 11.2. The first-order valence-electron chi connectivity index (χ1n) is 6.32. The van der Waals surface area contributed by atoms with Crippen LogP contribution in [0.2, 0.25) is 0 Å². The normalized spacial score (nSPS) is 10.3. The summed E-state index contributed by atoms with van der Waals surface area (Å²) in [6.45, 7) is 0.629. The third-order valence-corrected chi connectivity index (χ3v) is 2.57. The number of hydrogen-bond acceptors (Lipinski definition) is 4. The molecule has 0 N–H and O–H groups in total. The standard InChI is InChI=1S/C16H13FN2O2/c17-15-5-1-14(2-6-15)12-19-21-10-9-20-16-7-3-13(11-18)4-8-16/h1-8,12H,9-10H2/b19-12+. The number of rotatable bonds is 6. The van der Waals surface area contributed by atoms with Gasteiger partial charge in [-0.25, -0.2) is 4.39 Å². The molecule has 0 fully saturated rings. The fourth-order valence-electron chi connectivity index (χ4n) is 1.52. The van der Waals surface area contributed by atoms with Crippen molar-refractivity contribution >= 4 is 6.21 Å². The van der Waals surface area contributed by atoms with Gasteiger partial charge in [0.2, 0.25) is 0 Å². The van der Waals surface area contributed by atoms with Crippen LogP contribution in [-0.2, 0) is 4.84 Å². The molecule has 0 radical (unpaired) electrons. The Bertz CT molecular complexity index is 631. The van der Waals surface area contributed by atoms with E-state index in [2.05, 4.69) is 5.16 Å². The van der Waals surface area contributed by atoms with E-state index in [9.17, 15) is 4.39 Å². The van der Waals surface area contributed by atoms with Gasteiger partial charge in [-0.1, -0.05) is 17.3 Å². The van der Waals surface area contributed by atoms with Crippen molar-refractivity contribution in [3.8, 4) is 11.8 Å². The third kappa shape index (κ3) is 4.96. The molecular formula is C16H13FN2O2. The molecule has 106 valence electrons. The molecule has 2 aromatic rings. The van der Waals surface area contributed by atoms with Crippen LogP contribution in [0.1, 0.15) is 11.1 Å². The first kappa shape index (κ1) is 14.5. The molecule has 0 heterocycles. The van der Waals surface area contributed by atoms with Gasteiger partial charge in [-0.15, -0.1) is 0 Å². The largest absolute Gasteiger partial charge is 0.490 e. The van der Waals surface area contributed by atoms with Crippen LogP contribution in [0.15, 0.2) is 53.7 Å². The number of ether oxygens (including phenoxy) is 1. The second-order valence-corrected chi connectivity index (χ2v) is 4.10. The number of halogens is 1. The molecule has 0 bridgehead atoms. The van der Waals surface area contributed by atoms with Gasteiger partial charge in [-0.05, 0) is 42.0 Å². The minimum absolute atomic E-state index is 0.288. The Morgan fingerprint density at radius 2 is 1.76 bits per heavy atom. The lowest BCUT2D eigenvalue weighted by Gasteiger charge is -2.04. The zero-order chi connectivity index (χ0) is 14.9. The van der Waals surface area contributed by atoms with Gasteiger partial charge in [0.25, 0.3) is 0 Å². The summed E-state index contributed by atoms with van der Waals surface area (Å²) in [7, 11) is 0. The van der Waals surface area contributed by atoms with Gasteiger partial charge in [0.1, 0.15) is 18.2 Å². The van der Waals surface area contributed by atoms with Crippen molar-refractivity contribution in [1.82, 2.24) is 0 Å². The van der Waals surface area contributed by atoms with Crippen LogP contribution in [0.3, 0.4) is 0 Å². The van der Waals surface area contributed by atoms with Crippen LogP contribution >= 0.6 is 0 Å². The summed E-state index contributed by atoms with van der Waals surface area (Å²) in [5.74, 6) is 0.379. The topological polar surface area (TPSA) is 54.6 Å². The highest BCUT2D eigenvalue weighted by atomic mass is 19.1. The van der Waals surface area contributed by atoms with E-state index in [1.54, 1.807) is 36.4 Å². The van der Waals surface area contributed by atoms with Crippen LogP contribution in [0.5, 0.6) is 5.75 Å². The molecule has 5 heteroatoms. The van der Waals surface area contributed by atoms with E-state index in [1.165, 1.54) is 18.3 Å². The Morgan fingerprint density at radius 3 is 2.43 bits per heavy atom. The summed E-state index contributed by atoms with van der Waals surface area (Å²) in [4.78, 5) is 5.03. The highest BCUT2D eigenvalue weighted by molar-refractivity contribution is 5.78. The maximum Gasteiger partial charge on any atom is 0.151 e. The van der Waals surface area contributed by atoms with E-state index in [-0.39, 0.29) is 12.4 Å². The van der Waals surface area contributed by atoms with Gasteiger partial charge in [0.15, 0.2) is 6.61 Å². The van der Waals surface area contributed by atoms with Gasteiger partial charge < -0.3 is 9.57 Å². The molecule has 0 spiro atoms. The molecule has 2 aromatic carbocycles. The zero-order valence-electron chi connectivity index (χ0n) is 11.2. The molecule has 0 atom stereocenters. The van der Waals surface area contributed by atoms with Crippen molar-refractivity contribution in [2.75, 3.05) is 13.2 Å². The molecule has 0 aliphatic carbocycles. The van der Waals surface area contributed by atoms with Crippen molar-refractivity contribution in [3.63, 3.8) is 0 Å². The molecule has 0 aliphatic heterocycles. The predicted octanol–water partition coefficient (Wildman–Crippen LogP) is 3.13. The van der Waals surface area contributed by atoms with Crippen molar-refractivity contribution in [2.24, 2.45) is 5.16 Å². The van der Waals surface area contributed by atoms with Crippen LogP contribution in [0, 0.1) is 17.1 Å². The van der Waals surface area contributed by atoms with Crippen LogP contribution in [0.4, 0.5) is 4.39 Å². The van der Waals surface area contributed by atoms with Gasteiger partial charge in [-0.2, -0.15) is 5.26 Å². The van der Waals surface area contributed by atoms with Crippen molar-refractivity contribution < 1.29 is 14.0 Å². The number of nitrogens with zero attached hydrogens (tertiary/aromatic N) is 2. The summed E-state index contributed by atoms with van der Waals surface area (Å²) < 4.78 is 18.1. The smallest absolute Gasteiger partial charge is 0.151 e. The van der Waals surface area contributed by atoms with Crippen LogP contribution in [-0.4, -0.2) is 19.4 Å². The minimum atomic E-state index is -0.288. The highest BCUT2D eigenvalue weighted by Gasteiger charge is 1.95. The Hall–Kier alpha value is -2.87. The minimum Gasteiger partial charge on any atom is -0.490 e. The second kappa shape index (κ2) is 7.65. The van der Waals surface area contributed by atoms with E-state index in [4.69, 9.17) is 14.8 Å². The van der Waals surface area contributed by atoms with Gasteiger partial charge in [-0.3, -0.25) is 0 Å². The molecule has 0 amide bonds. The lowest BCUT2D eigenvalue weighted by molar-refractivity contribution is 0.108. The SMILES string of the molecule is N#Cc1ccc(OCCO/N=C/c2ccc(F)cc2)cc1. The quantitative estimate of drug-likeness (QED) is 0.465. The predicted molar refractivity (Wildman–Crippen MR) is 76.6 cm³/mol. The molecule has 21 heavy (non-hydrogen) atoms. The average Bonchev–Trinajstić information content (AvgIpc) is 2.53. The fourth-order valence-corrected chi connectivity index (χ4v) is 1.52. The summed E-state index contributed by atoms with van der Waals surface area (Å²) in [6.07, 6.45) is 1.50.